The summed E-state index contributed by atoms with van der Waals surface area (Å²) in [6, 6.07) is 12.5. The van der Waals surface area contributed by atoms with Gasteiger partial charge in [0.25, 0.3) is 10.0 Å². The van der Waals surface area contributed by atoms with Crippen LogP contribution in [0.5, 0.6) is 0 Å². The van der Waals surface area contributed by atoms with Crippen molar-refractivity contribution >= 4 is 33.4 Å². The van der Waals surface area contributed by atoms with Crippen LogP contribution >= 0.6 is 11.6 Å². The van der Waals surface area contributed by atoms with Crippen molar-refractivity contribution in [3.8, 4) is 11.1 Å². The van der Waals surface area contributed by atoms with Gasteiger partial charge >= 0.3 is 5.97 Å². The predicted octanol–water partition coefficient (Wildman–Crippen LogP) is 6.19. The molecule has 0 atom stereocenters. The van der Waals surface area contributed by atoms with Crippen LogP contribution in [0.25, 0.3) is 11.1 Å². The summed E-state index contributed by atoms with van der Waals surface area (Å²) >= 11 is 6.17. The molecule has 0 aliphatic carbocycles. The van der Waals surface area contributed by atoms with Gasteiger partial charge in [-0.1, -0.05) is 67.0 Å². The summed E-state index contributed by atoms with van der Waals surface area (Å²) in [5.74, 6) is 0.611. The van der Waals surface area contributed by atoms with Gasteiger partial charge in [-0.05, 0) is 49.4 Å². The normalized spacial score (nSPS) is 11.6. The molecule has 0 fully saturated rings. The minimum atomic E-state index is -4.09. The number of methoxy groups -OCH3 is 1. The highest BCUT2D eigenvalue weighted by Gasteiger charge is 2.25. The standard InChI is InChI=1S/C30H35ClN4O6S/c1-6-11-26-32-24(7-2)28(30(36)39-5)35(26)17-20-14-15-22(21(16-20)18-40-8-3)23-12-9-10-13-25(23)42(37,38)34-29-27(31)19(4)41-33-29/h9-10,12-16H,6-8,11,17-18H2,1-5H3,(H,33,34). The molecule has 0 saturated carbocycles. The summed E-state index contributed by atoms with van der Waals surface area (Å²) in [7, 11) is -2.72. The first-order valence-electron chi connectivity index (χ1n) is 13.7. The molecule has 0 radical (unpaired) electrons. The van der Waals surface area contributed by atoms with Gasteiger partial charge in [-0.3, -0.25) is 4.72 Å². The fourth-order valence-electron chi connectivity index (χ4n) is 4.76. The van der Waals surface area contributed by atoms with Gasteiger partial charge in [0.2, 0.25) is 5.82 Å². The van der Waals surface area contributed by atoms with E-state index in [9.17, 15) is 13.2 Å². The molecular formula is C30H35ClN4O6S. The summed E-state index contributed by atoms with van der Waals surface area (Å²) < 4.78 is 47.3. The predicted molar refractivity (Wildman–Crippen MR) is 160 cm³/mol. The maximum atomic E-state index is 13.5. The quantitative estimate of drug-likeness (QED) is 0.177. The number of carbonyl (C=O) groups is 1. The smallest absolute Gasteiger partial charge is 0.356 e. The maximum absolute atomic E-state index is 13.5. The number of aryl methyl sites for hydroxylation is 3. The van der Waals surface area contributed by atoms with E-state index in [1.807, 2.05) is 36.6 Å². The van der Waals surface area contributed by atoms with Crippen LogP contribution < -0.4 is 4.72 Å². The van der Waals surface area contributed by atoms with Crippen LogP contribution in [-0.4, -0.2) is 42.8 Å². The van der Waals surface area contributed by atoms with Gasteiger partial charge in [0, 0.05) is 25.1 Å². The Hall–Kier alpha value is -3.67. The Morgan fingerprint density at radius 3 is 2.52 bits per heavy atom. The van der Waals surface area contributed by atoms with Crippen LogP contribution in [0.4, 0.5) is 5.82 Å². The second-order valence-electron chi connectivity index (χ2n) is 9.64. The molecule has 224 valence electrons. The number of anilines is 1. The molecule has 2 heterocycles. The average molecular weight is 615 g/mol. The molecule has 0 aliphatic heterocycles. The fraction of sp³-hybridized carbons (Fsp3) is 0.367. The molecule has 4 aromatic rings. The van der Waals surface area contributed by atoms with Gasteiger partial charge in [0.1, 0.15) is 10.8 Å². The molecule has 2 aromatic carbocycles. The van der Waals surface area contributed by atoms with E-state index in [0.717, 1.165) is 23.4 Å². The van der Waals surface area contributed by atoms with Crippen molar-refractivity contribution in [2.75, 3.05) is 18.4 Å². The van der Waals surface area contributed by atoms with Crippen LogP contribution in [-0.2, 0) is 45.5 Å². The molecule has 0 amide bonds. The summed E-state index contributed by atoms with van der Waals surface area (Å²) in [5.41, 5.74) is 4.02. The van der Waals surface area contributed by atoms with Crippen molar-refractivity contribution in [3.63, 3.8) is 0 Å². The first-order chi connectivity index (χ1) is 20.1. The molecule has 4 rings (SSSR count). The topological polar surface area (TPSA) is 126 Å². The molecule has 1 N–H and O–H groups in total. The lowest BCUT2D eigenvalue weighted by Crippen LogP contribution is -2.16. The molecule has 0 saturated heterocycles. The van der Waals surface area contributed by atoms with Crippen molar-refractivity contribution < 1.29 is 27.2 Å². The Balaban J connectivity index is 1.79. The highest BCUT2D eigenvalue weighted by molar-refractivity contribution is 7.92. The third-order valence-electron chi connectivity index (χ3n) is 6.77. The maximum Gasteiger partial charge on any atom is 0.356 e. The molecule has 0 unspecified atom stereocenters. The fourth-order valence-corrected chi connectivity index (χ4v) is 6.16. The van der Waals surface area contributed by atoms with E-state index in [1.54, 1.807) is 25.1 Å². The SMILES string of the molecule is CCCc1nc(CC)c(C(=O)OC)n1Cc1ccc(-c2ccccc2S(=O)(=O)Nc2noc(C)c2Cl)c(COCC)c1. The Morgan fingerprint density at radius 1 is 1.12 bits per heavy atom. The lowest BCUT2D eigenvalue weighted by molar-refractivity contribution is 0.0587. The second kappa shape index (κ2) is 13.5. The van der Waals surface area contributed by atoms with Gasteiger partial charge in [-0.25, -0.2) is 18.2 Å². The number of halogens is 1. The molecule has 0 spiro atoms. The minimum Gasteiger partial charge on any atom is -0.464 e. The van der Waals surface area contributed by atoms with E-state index in [0.29, 0.717) is 54.3 Å². The Labute approximate surface area is 251 Å². The van der Waals surface area contributed by atoms with E-state index in [4.69, 9.17) is 30.6 Å². The average Bonchev–Trinajstić information content (AvgIpc) is 3.49. The molecule has 0 bridgehead atoms. The number of hydrogen-bond acceptors (Lipinski definition) is 8. The number of aromatic nitrogens is 3. The van der Waals surface area contributed by atoms with Gasteiger partial charge in [0.15, 0.2) is 11.5 Å². The summed E-state index contributed by atoms with van der Waals surface area (Å²) in [6.07, 6.45) is 2.18. The van der Waals surface area contributed by atoms with Crippen molar-refractivity contribution in [1.82, 2.24) is 14.7 Å². The molecular weight excluding hydrogens is 580 g/mol. The number of ether oxygens (including phenoxy) is 2. The van der Waals surface area contributed by atoms with Crippen LogP contribution in [0, 0.1) is 6.92 Å². The van der Waals surface area contributed by atoms with E-state index >= 15 is 0 Å². The number of hydrogen-bond donors (Lipinski definition) is 1. The number of esters is 1. The van der Waals surface area contributed by atoms with Gasteiger partial charge in [-0.15, -0.1) is 0 Å². The summed E-state index contributed by atoms with van der Waals surface area (Å²) in [6.45, 7) is 8.63. The Kier molecular flexibility index (Phi) is 10.1. The number of benzene rings is 2. The van der Waals surface area contributed by atoms with Gasteiger partial charge in [0.05, 0.1) is 24.3 Å². The third kappa shape index (κ3) is 6.53. The zero-order chi connectivity index (χ0) is 30.4. The molecule has 10 nitrogen and oxygen atoms in total. The molecule has 42 heavy (non-hydrogen) atoms. The molecule has 12 heteroatoms. The van der Waals surface area contributed by atoms with Crippen molar-refractivity contribution in [2.45, 2.75) is 65.0 Å². The van der Waals surface area contributed by atoms with Crippen molar-refractivity contribution in [2.24, 2.45) is 0 Å². The minimum absolute atomic E-state index is 0.0487. The number of imidazole rings is 1. The first-order valence-corrected chi connectivity index (χ1v) is 15.6. The third-order valence-corrected chi connectivity index (χ3v) is 8.61. The number of nitrogens with zero attached hydrogens (tertiary/aromatic N) is 3. The monoisotopic (exact) mass is 614 g/mol. The van der Waals surface area contributed by atoms with E-state index in [2.05, 4.69) is 16.8 Å². The van der Waals surface area contributed by atoms with Crippen molar-refractivity contribution in [1.29, 1.82) is 0 Å². The Bertz CT molecular complexity index is 1680. The van der Waals surface area contributed by atoms with Crippen LogP contribution in [0.15, 0.2) is 51.9 Å². The molecule has 0 aliphatic rings. The number of rotatable bonds is 13. The lowest BCUT2D eigenvalue weighted by atomic mass is 9.97. The summed E-state index contributed by atoms with van der Waals surface area (Å²) in [4.78, 5) is 17.6. The van der Waals surface area contributed by atoms with E-state index in [1.165, 1.54) is 13.2 Å². The highest BCUT2D eigenvalue weighted by Crippen LogP contribution is 2.34. The highest BCUT2D eigenvalue weighted by atomic mass is 35.5. The van der Waals surface area contributed by atoms with Crippen LogP contribution in [0.1, 0.15) is 66.1 Å². The largest absolute Gasteiger partial charge is 0.464 e. The lowest BCUT2D eigenvalue weighted by Gasteiger charge is -2.17. The number of sulfonamides is 1. The molecule has 2 aromatic heterocycles. The summed E-state index contributed by atoms with van der Waals surface area (Å²) in [5, 5.41) is 3.83. The van der Waals surface area contributed by atoms with E-state index in [-0.39, 0.29) is 22.3 Å². The zero-order valence-corrected chi connectivity index (χ0v) is 25.9. The van der Waals surface area contributed by atoms with Crippen LogP contribution in [0.3, 0.4) is 0 Å². The Morgan fingerprint density at radius 2 is 1.88 bits per heavy atom. The first kappa shape index (κ1) is 31.3. The van der Waals surface area contributed by atoms with Gasteiger partial charge in [-0.2, -0.15) is 0 Å². The van der Waals surface area contributed by atoms with Crippen molar-refractivity contribution in [3.05, 3.63) is 81.6 Å². The van der Waals surface area contributed by atoms with Gasteiger partial charge < -0.3 is 18.6 Å². The zero-order valence-electron chi connectivity index (χ0n) is 24.4. The second-order valence-corrected chi connectivity index (χ2v) is 11.7. The number of carbonyl (C=O) groups excluding carboxylic acids is 1. The van der Waals surface area contributed by atoms with Crippen LogP contribution in [0.2, 0.25) is 5.02 Å². The van der Waals surface area contributed by atoms with E-state index < -0.39 is 16.0 Å². The number of nitrogens with one attached hydrogen (secondary N) is 1.